The summed E-state index contributed by atoms with van der Waals surface area (Å²) in [4.78, 5) is 37.5. The number of carbonyl (C=O) groups is 3. The Balaban J connectivity index is 1.90. The number of fused-ring (bicyclic) bond motifs is 2. The number of carboxylic acids is 1. The van der Waals surface area contributed by atoms with Gasteiger partial charge in [-0.25, -0.2) is 4.79 Å². The molecule has 0 unspecified atom stereocenters. The first-order chi connectivity index (χ1) is 11.9. The Labute approximate surface area is 149 Å². The number of amides is 1. The molecule has 0 radical (unpaired) electrons. The number of hydrogen-bond donors (Lipinski definition) is 2. The summed E-state index contributed by atoms with van der Waals surface area (Å²) in [5.74, 6) is -3.22. The third-order valence-electron chi connectivity index (χ3n) is 5.24. The van der Waals surface area contributed by atoms with Crippen molar-refractivity contribution < 1.29 is 24.2 Å². The molecule has 1 aromatic heterocycles. The van der Waals surface area contributed by atoms with E-state index in [-0.39, 0.29) is 17.7 Å². The maximum atomic E-state index is 12.8. The zero-order valence-electron chi connectivity index (χ0n) is 14.4. The first-order valence-electron chi connectivity index (χ1n) is 8.31. The first kappa shape index (κ1) is 17.7. The van der Waals surface area contributed by atoms with Crippen LogP contribution in [0.15, 0.2) is 12.2 Å². The third-order valence-corrected chi connectivity index (χ3v) is 6.30. The number of carbonyl (C=O) groups excluding carboxylic acids is 2. The van der Waals surface area contributed by atoms with E-state index in [1.165, 1.54) is 18.4 Å². The van der Waals surface area contributed by atoms with Gasteiger partial charge in [-0.1, -0.05) is 19.1 Å². The van der Waals surface area contributed by atoms with E-state index in [0.29, 0.717) is 23.4 Å². The number of nitrogens with one attached hydrogen (secondary N) is 1. The van der Waals surface area contributed by atoms with Crippen LogP contribution < -0.4 is 5.32 Å². The van der Waals surface area contributed by atoms with Crippen molar-refractivity contribution in [2.45, 2.75) is 26.7 Å². The number of allylic oxidation sites excluding steroid dienone is 2. The van der Waals surface area contributed by atoms with Crippen molar-refractivity contribution in [2.75, 3.05) is 12.4 Å². The molecule has 1 fully saturated rings. The number of esters is 1. The average Bonchev–Trinajstić information content (AvgIpc) is 3.26. The second kappa shape index (κ2) is 6.63. The van der Waals surface area contributed by atoms with Crippen LogP contribution in [0, 0.1) is 30.6 Å². The minimum atomic E-state index is -0.943. The Morgan fingerprint density at radius 2 is 1.92 bits per heavy atom. The molecule has 1 heterocycles. The van der Waals surface area contributed by atoms with Gasteiger partial charge in [0.25, 0.3) is 0 Å². The molecule has 0 saturated heterocycles. The van der Waals surface area contributed by atoms with Gasteiger partial charge in [-0.15, -0.1) is 11.3 Å². The molecule has 2 aliphatic rings. The standard InChI is InChI=1S/C18H21NO5S/c1-4-11-8(2)25-16(14(11)18(23)24-3)19-15(20)12-9-5-6-10(7-9)13(12)17(21)22/h5-6,9-10,12-13H,4,7H2,1-3H3,(H,19,20)(H,21,22)/t9-,10-,12+,13+/m0/s1. The van der Waals surface area contributed by atoms with Crippen LogP contribution in [0.25, 0.3) is 0 Å². The van der Waals surface area contributed by atoms with Crippen LogP contribution in [-0.4, -0.2) is 30.1 Å². The number of carboxylic acid groups (broad SMARTS) is 1. The van der Waals surface area contributed by atoms with Crippen molar-refractivity contribution in [3.63, 3.8) is 0 Å². The van der Waals surface area contributed by atoms with E-state index in [0.717, 1.165) is 10.4 Å². The monoisotopic (exact) mass is 363 g/mol. The predicted octanol–water partition coefficient (Wildman–Crippen LogP) is 2.87. The van der Waals surface area contributed by atoms with Gasteiger partial charge in [-0.2, -0.15) is 0 Å². The second-order valence-corrected chi connectivity index (χ2v) is 7.74. The van der Waals surface area contributed by atoms with E-state index >= 15 is 0 Å². The molecule has 2 bridgehead atoms. The molecular formula is C18H21NO5S. The fourth-order valence-electron chi connectivity index (χ4n) is 4.12. The minimum absolute atomic E-state index is 0.0561. The van der Waals surface area contributed by atoms with Crippen molar-refractivity contribution in [1.82, 2.24) is 0 Å². The van der Waals surface area contributed by atoms with Crippen LogP contribution in [0.3, 0.4) is 0 Å². The lowest BCUT2D eigenvalue weighted by Crippen LogP contribution is -2.36. The number of thiophene rings is 1. The van der Waals surface area contributed by atoms with Gasteiger partial charge in [0.1, 0.15) is 5.00 Å². The second-order valence-electron chi connectivity index (χ2n) is 6.51. The summed E-state index contributed by atoms with van der Waals surface area (Å²) < 4.78 is 4.86. The molecule has 6 nitrogen and oxygen atoms in total. The van der Waals surface area contributed by atoms with E-state index in [1.54, 1.807) is 0 Å². The van der Waals surface area contributed by atoms with Gasteiger partial charge in [0, 0.05) is 4.88 Å². The lowest BCUT2D eigenvalue weighted by Gasteiger charge is -2.23. The molecular weight excluding hydrogens is 342 g/mol. The normalized spacial score (nSPS) is 26.7. The Hall–Kier alpha value is -2.15. The molecule has 7 heteroatoms. The molecule has 1 amide bonds. The number of aliphatic carboxylic acids is 1. The molecule has 2 N–H and O–H groups in total. The third kappa shape index (κ3) is 2.86. The van der Waals surface area contributed by atoms with Crippen LogP contribution in [-0.2, 0) is 20.7 Å². The van der Waals surface area contributed by atoms with Crippen molar-refractivity contribution in [2.24, 2.45) is 23.7 Å². The fraction of sp³-hybridized carbons (Fsp3) is 0.500. The highest BCUT2D eigenvalue weighted by atomic mass is 32.1. The lowest BCUT2D eigenvalue weighted by atomic mass is 9.82. The molecule has 134 valence electrons. The molecule has 25 heavy (non-hydrogen) atoms. The number of ether oxygens (including phenoxy) is 1. The van der Waals surface area contributed by atoms with E-state index in [2.05, 4.69) is 5.32 Å². The van der Waals surface area contributed by atoms with E-state index < -0.39 is 23.8 Å². The lowest BCUT2D eigenvalue weighted by molar-refractivity contribution is -0.146. The Bertz CT molecular complexity index is 766. The maximum Gasteiger partial charge on any atom is 0.341 e. The molecule has 0 aromatic carbocycles. The smallest absolute Gasteiger partial charge is 0.341 e. The largest absolute Gasteiger partial charge is 0.481 e. The highest BCUT2D eigenvalue weighted by Crippen LogP contribution is 2.48. The van der Waals surface area contributed by atoms with Gasteiger partial charge >= 0.3 is 11.9 Å². The van der Waals surface area contributed by atoms with Gasteiger partial charge < -0.3 is 15.2 Å². The molecule has 3 rings (SSSR count). The van der Waals surface area contributed by atoms with Crippen molar-refractivity contribution in [3.8, 4) is 0 Å². The summed E-state index contributed by atoms with van der Waals surface area (Å²) in [6.45, 7) is 3.83. The van der Waals surface area contributed by atoms with E-state index in [9.17, 15) is 19.5 Å². The molecule has 2 aliphatic carbocycles. The highest BCUT2D eigenvalue weighted by Gasteiger charge is 2.51. The van der Waals surface area contributed by atoms with Crippen LogP contribution in [0.1, 0.15) is 34.1 Å². The Kier molecular flexibility index (Phi) is 4.69. The van der Waals surface area contributed by atoms with Gasteiger partial charge in [-0.05, 0) is 37.2 Å². The van der Waals surface area contributed by atoms with E-state index in [4.69, 9.17) is 4.74 Å². The summed E-state index contributed by atoms with van der Waals surface area (Å²) >= 11 is 1.33. The van der Waals surface area contributed by atoms with Gasteiger partial charge in [-0.3, -0.25) is 9.59 Å². The summed E-state index contributed by atoms with van der Waals surface area (Å²) in [5, 5.41) is 12.8. The first-order valence-corrected chi connectivity index (χ1v) is 9.13. The van der Waals surface area contributed by atoms with Gasteiger partial charge in [0.15, 0.2) is 0 Å². The van der Waals surface area contributed by atoms with Crippen LogP contribution >= 0.6 is 11.3 Å². The zero-order chi connectivity index (χ0) is 18.3. The quantitative estimate of drug-likeness (QED) is 0.620. The summed E-state index contributed by atoms with van der Waals surface area (Å²) in [6.07, 6.45) is 5.18. The van der Waals surface area contributed by atoms with Crippen LogP contribution in [0.4, 0.5) is 5.00 Å². The SMILES string of the molecule is CCc1c(C)sc(NC(=O)[C@H]2[C@H](C(=O)O)[C@H]3C=C[C@H]2C3)c1C(=O)OC. The van der Waals surface area contributed by atoms with Crippen LogP contribution in [0.2, 0.25) is 0 Å². The summed E-state index contributed by atoms with van der Waals surface area (Å²) in [6, 6.07) is 0. The van der Waals surface area contributed by atoms with Gasteiger partial charge in [0.05, 0.1) is 24.5 Å². The molecule has 1 saturated carbocycles. The Morgan fingerprint density at radius 1 is 1.28 bits per heavy atom. The van der Waals surface area contributed by atoms with E-state index in [1.807, 2.05) is 26.0 Å². The van der Waals surface area contributed by atoms with Crippen molar-refractivity contribution >= 4 is 34.2 Å². The number of rotatable bonds is 5. The highest BCUT2D eigenvalue weighted by molar-refractivity contribution is 7.16. The summed E-state index contributed by atoms with van der Waals surface area (Å²) in [5.41, 5.74) is 1.24. The number of hydrogen-bond acceptors (Lipinski definition) is 5. The molecule has 0 spiro atoms. The van der Waals surface area contributed by atoms with Crippen molar-refractivity contribution in [1.29, 1.82) is 0 Å². The minimum Gasteiger partial charge on any atom is -0.481 e. The van der Waals surface area contributed by atoms with Gasteiger partial charge in [0.2, 0.25) is 5.91 Å². The molecule has 1 aromatic rings. The summed E-state index contributed by atoms with van der Waals surface area (Å²) in [7, 11) is 1.31. The number of anilines is 1. The number of aryl methyl sites for hydroxylation is 1. The maximum absolute atomic E-state index is 12.8. The topological polar surface area (TPSA) is 92.7 Å². The fourth-order valence-corrected chi connectivity index (χ4v) is 5.26. The average molecular weight is 363 g/mol. The van der Waals surface area contributed by atoms with Crippen LogP contribution in [0.5, 0.6) is 0 Å². The molecule has 4 atom stereocenters. The predicted molar refractivity (Wildman–Crippen MR) is 93.8 cm³/mol. The van der Waals surface area contributed by atoms with Crippen molar-refractivity contribution in [3.05, 3.63) is 28.2 Å². The molecule has 0 aliphatic heterocycles. The zero-order valence-corrected chi connectivity index (χ0v) is 15.2. The Morgan fingerprint density at radius 3 is 2.48 bits per heavy atom. The number of methoxy groups -OCH3 is 1.